The Labute approximate surface area is 195 Å². The summed E-state index contributed by atoms with van der Waals surface area (Å²) in [7, 11) is -2.75. The maximum atomic E-state index is 12.9. The van der Waals surface area contributed by atoms with Crippen LogP contribution in [0.1, 0.15) is 31.9 Å². The number of hydrogen-bond acceptors (Lipinski definition) is 6. The minimum atomic E-state index is -3.99. The van der Waals surface area contributed by atoms with E-state index in [0.717, 1.165) is 15.4 Å². The fourth-order valence-electron chi connectivity index (χ4n) is 2.75. The van der Waals surface area contributed by atoms with Crippen molar-refractivity contribution in [3.8, 4) is 0 Å². The van der Waals surface area contributed by atoms with Gasteiger partial charge in [0.15, 0.2) is 0 Å². The summed E-state index contributed by atoms with van der Waals surface area (Å²) in [5, 5.41) is 2.50. The summed E-state index contributed by atoms with van der Waals surface area (Å²) in [6.07, 6.45) is -0.688. The third-order valence-corrected chi connectivity index (χ3v) is 6.30. The molecule has 0 aliphatic carbocycles. The zero-order valence-corrected chi connectivity index (χ0v) is 20.3. The van der Waals surface area contributed by atoms with Crippen LogP contribution in [0.25, 0.3) is 0 Å². The Hall–Kier alpha value is -3.33. The molecule has 0 unspecified atom stereocenters. The lowest BCUT2D eigenvalue weighted by Crippen LogP contribution is -2.46. The molecule has 8 nitrogen and oxygen atoms in total. The number of aryl methyl sites for hydroxylation is 1. The van der Waals surface area contributed by atoms with Crippen LogP contribution in [0.15, 0.2) is 72.0 Å². The van der Waals surface area contributed by atoms with Gasteiger partial charge in [-0.1, -0.05) is 48.0 Å². The fourth-order valence-corrected chi connectivity index (χ4v) is 3.85. The Morgan fingerprint density at radius 2 is 1.64 bits per heavy atom. The molecule has 0 spiro atoms. The number of ether oxygens (including phenoxy) is 2. The molecule has 1 atom stereocenters. The molecule has 9 heteroatoms. The highest BCUT2D eigenvalue weighted by Gasteiger charge is 2.29. The van der Waals surface area contributed by atoms with E-state index >= 15 is 0 Å². The number of sulfonamides is 1. The molecule has 33 heavy (non-hydrogen) atoms. The standard InChI is InChI=1S/C24H30N2O6S/c1-17-12-14-20(15-13-17)33(29,30)26(6)18(2)31-22(27)21(16-19-10-8-7-9-11-19)25-23(28)32-24(3,4)5/h7-15,21H,2,16H2,1,3-6H3,(H,25,28)/t21-/m0/s1. The summed E-state index contributed by atoms with van der Waals surface area (Å²) in [6, 6.07) is 14.1. The quantitative estimate of drug-likeness (QED) is 0.462. The van der Waals surface area contributed by atoms with Crippen molar-refractivity contribution in [2.24, 2.45) is 0 Å². The van der Waals surface area contributed by atoms with Crippen molar-refractivity contribution in [3.05, 3.63) is 78.2 Å². The molecule has 2 aromatic rings. The average molecular weight is 475 g/mol. The lowest BCUT2D eigenvalue weighted by atomic mass is 10.1. The fraction of sp³-hybridized carbons (Fsp3) is 0.333. The van der Waals surface area contributed by atoms with Crippen LogP contribution in [0, 0.1) is 6.92 Å². The van der Waals surface area contributed by atoms with E-state index in [-0.39, 0.29) is 11.3 Å². The molecule has 178 valence electrons. The smallest absolute Gasteiger partial charge is 0.408 e. The molecule has 0 bridgehead atoms. The number of amides is 1. The van der Waals surface area contributed by atoms with E-state index in [9.17, 15) is 18.0 Å². The molecule has 0 heterocycles. The number of carbonyl (C=O) groups is 2. The van der Waals surface area contributed by atoms with Crippen LogP contribution in [0.3, 0.4) is 0 Å². The summed E-state index contributed by atoms with van der Waals surface area (Å²) < 4.78 is 37.0. The van der Waals surface area contributed by atoms with Gasteiger partial charge >= 0.3 is 12.1 Å². The maximum Gasteiger partial charge on any atom is 0.408 e. The zero-order valence-electron chi connectivity index (χ0n) is 19.5. The van der Waals surface area contributed by atoms with Gasteiger partial charge in [-0.3, -0.25) is 0 Å². The number of alkyl carbamates (subject to hydrolysis) is 1. The minimum Gasteiger partial charge on any atom is -0.444 e. The van der Waals surface area contributed by atoms with E-state index in [1.807, 2.05) is 13.0 Å². The SMILES string of the molecule is C=C(OC(=O)[C@H](Cc1ccccc1)NC(=O)OC(C)(C)C)N(C)S(=O)(=O)c1ccc(C)cc1. The lowest BCUT2D eigenvalue weighted by molar-refractivity contribution is -0.143. The summed E-state index contributed by atoms with van der Waals surface area (Å²) in [4.78, 5) is 25.2. The van der Waals surface area contributed by atoms with Crippen LogP contribution in [0.4, 0.5) is 4.79 Å². The van der Waals surface area contributed by atoms with Gasteiger partial charge in [0.2, 0.25) is 5.88 Å². The van der Waals surface area contributed by atoms with Crippen LogP contribution in [0.5, 0.6) is 0 Å². The Kier molecular flexibility index (Phi) is 8.27. The van der Waals surface area contributed by atoms with Gasteiger partial charge in [-0.05, 0) is 52.0 Å². The topological polar surface area (TPSA) is 102 Å². The van der Waals surface area contributed by atoms with Crippen molar-refractivity contribution in [1.29, 1.82) is 0 Å². The van der Waals surface area contributed by atoms with Gasteiger partial charge in [0.25, 0.3) is 10.0 Å². The van der Waals surface area contributed by atoms with Crippen molar-refractivity contribution in [2.45, 2.75) is 50.7 Å². The third-order valence-electron chi connectivity index (χ3n) is 4.51. The normalized spacial score (nSPS) is 12.4. The highest BCUT2D eigenvalue weighted by atomic mass is 32.2. The highest BCUT2D eigenvalue weighted by molar-refractivity contribution is 7.89. The molecule has 1 amide bonds. The number of hydrogen-bond donors (Lipinski definition) is 1. The van der Waals surface area contributed by atoms with Crippen LogP contribution in [-0.2, 0) is 30.7 Å². The van der Waals surface area contributed by atoms with Gasteiger partial charge in [0.05, 0.1) is 4.90 Å². The maximum absolute atomic E-state index is 12.9. The van der Waals surface area contributed by atoms with E-state index in [0.29, 0.717) is 0 Å². The molecule has 2 rings (SSSR count). The molecule has 0 saturated carbocycles. The Balaban J connectivity index is 2.18. The average Bonchev–Trinajstić information content (AvgIpc) is 2.72. The van der Waals surface area contributed by atoms with Gasteiger partial charge < -0.3 is 14.8 Å². The Bertz CT molecular complexity index is 1090. The number of esters is 1. The van der Waals surface area contributed by atoms with Crippen LogP contribution < -0.4 is 5.32 Å². The second kappa shape index (κ2) is 10.5. The second-order valence-electron chi connectivity index (χ2n) is 8.49. The van der Waals surface area contributed by atoms with E-state index in [4.69, 9.17) is 9.47 Å². The van der Waals surface area contributed by atoms with E-state index < -0.39 is 39.6 Å². The van der Waals surface area contributed by atoms with Gasteiger partial charge in [-0.15, -0.1) is 0 Å². The first-order valence-electron chi connectivity index (χ1n) is 10.3. The molecule has 0 aliphatic heterocycles. The van der Waals surface area contributed by atoms with Crippen LogP contribution in [0.2, 0.25) is 0 Å². The molecule has 1 N–H and O–H groups in total. The first kappa shape index (κ1) is 25.9. The van der Waals surface area contributed by atoms with Gasteiger partial charge in [-0.2, -0.15) is 0 Å². The van der Waals surface area contributed by atoms with Crippen molar-refractivity contribution in [2.75, 3.05) is 7.05 Å². The third kappa shape index (κ3) is 7.64. The molecule has 0 radical (unpaired) electrons. The number of benzene rings is 2. The first-order valence-corrected chi connectivity index (χ1v) is 11.7. The summed E-state index contributed by atoms with van der Waals surface area (Å²) in [6.45, 7) is 10.5. The van der Waals surface area contributed by atoms with Gasteiger partial charge in [0.1, 0.15) is 11.6 Å². The molecule has 0 saturated heterocycles. The highest BCUT2D eigenvalue weighted by Crippen LogP contribution is 2.19. The lowest BCUT2D eigenvalue weighted by Gasteiger charge is -2.25. The van der Waals surface area contributed by atoms with E-state index in [2.05, 4.69) is 11.9 Å². The number of carbonyl (C=O) groups excluding carboxylic acids is 2. The van der Waals surface area contributed by atoms with Crippen LogP contribution in [-0.4, -0.2) is 43.5 Å². The van der Waals surface area contributed by atoms with Crippen molar-refractivity contribution in [3.63, 3.8) is 0 Å². The summed E-state index contributed by atoms with van der Waals surface area (Å²) in [5.41, 5.74) is 0.901. The number of rotatable bonds is 8. The Morgan fingerprint density at radius 1 is 1.06 bits per heavy atom. The predicted molar refractivity (Wildman–Crippen MR) is 125 cm³/mol. The van der Waals surface area contributed by atoms with Gasteiger partial charge in [0, 0.05) is 13.5 Å². The van der Waals surface area contributed by atoms with E-state index in [1.54, 1.807) is 57.2 Å². The van der Waals surface area contributed by atoms with Crippen molar-refractivity contribution >= 4 is 22.1 Å². The monoisotopic (exact) mass is 474 g/mol. The molecule has 0 fully saturated rings. The van der Waals surface area contributed by atoms with Gasteiger partial charge in [-0.25, -0.2) is 22.3 Å². The van der Waals surface area contributed by atoms with E-state index in [1.165, 1.54) is 19.2 Å². The summed E-state index contributed by atoms with van der Waals surface area (Å²) >= 11 is 0. The molecule has 0 aromatic heterocycles. The van der Waals surface area contributed by atoms with Crippen molar-refractivity contribution < 1.29 is 27.5 Å². The number of nitrogens with zero attached hydrogens (tertiary/aromatic N) is 1. The number of nitrogens with one attached hydrogen (secondary N) is 1. The molecular weight excluding hydrogens is 444 g/mol. The predicted octanol–water partition coefficient (Wildman–Crippen LogP) is 3.77. The molecule has 0 aliphatic rings. The molecule has 2 aromatic carbocycles. The minimum absolute atomic E-state index is 0.0283. The second-order valence-corrected chi connectivity index (χ2v) is 10.5. The Morgan fingerprint density at radius 3 is 2.18 bits per heavy atom. The van der Waals surface area contributed by atoms with Crippen molar-refractivity contribution in [1.82, 2.24) is 9.62 Å². The first-order chi connectivity index (χ1) is 15.3. The summed E-state index contributed by atoms with van der Waals surface area (Å²) in [5.74, 6) is -1.27. The zero-order chi connectivity index (χ0) is 24.8. The molecular formula is C24H30N2O6S. The van der Waals surface area contributed by atoms with Crippen LogP contribution >= 0.6 is 0 Å². The largest absolute Gasteiger partial charge is 0.444 e.